The Kier molecular flexibility index (Phi) is 4.58. The van der Waals surface area contributed by atoms with Crippen LogP contribution >= 0.6 is 0 Å². The first-order chi connectivity index (χ1) is 5.86. The first-order valence-electron chi connectivity index (χ1n) is 4.98. The van der Waals surface area contributed by atoms with Gasteiger partial charge in [-0.3, -0.25) is 0 Å². The van der Waals surface area contributed by atoms with Gasteiger partial charge in [-0.15, -0.1) is 0 Å². The first-order valence-corrected chi connectivity index (χ1v) is 4.98. The molecule has 0 bridgehead atoms. The Bertz CT molecular complexity index is 119. The van der Waals surface area contributed by atoms with Crippen molar-refractivity contribution in [2.24, 2.45) is 0 Å². The Balaban J connectivity index is 2.24. The van der Waals surface area contributed by atoms with Crippen molar-refractivity contribution >= 4 is 0 Å². The Hall–Kier alpha value is -0.120. The molecule has 1 aliphatic heterocycles. The van der Waals surface area contributed by atoms with Gasteiger partial charge >= 0.3 is 0 Å². The summed E-state index contributed by atoms with van der Waals surface area (Å²) >= 11 is 0. The topological polar surface area (TPSA) is 35.5 Å². The summed E-state index contributed by atoms with van der Waals surface area (Å²) < 4.78 is 0. The van der Waals surface area contributed by atoms with E-state index in [1.54, 1.807) is 0 Å². The van der Waals surface area contributed by atoms with Crippen molar-refractivity contribution in [2.45, 2.75) is 38.6 Å². The van der Waals surface area contributed by atoms with Crippen LogP contribution in [-0.2, 0) is 0 Å². The van der Waals surface area contributed by atoms with Gasteiger partial charge in [-0.25, -0.2) is 5.48 Å². The van der Waals surface area contributed by atoms with Crippen LogP contribution in [0.5, 0.6) is 0 Å². The summed E-state index contributed by atoms with van der Waals surface area (Å²) in [5, 5.41) is 8.76. The predicted octanol–water partition coefficient (Wildman–Crippen LogP) is 1.23. The van der Waals surface area contributed by atoms with Gasteiger partial charge in [-0.05, 0) is 45.3 Å². The molecule has 0 aliphatic carbocycles. The van der Waals surface area contributed by atoms with Gasteiger partial charge in [0.1, 0.15) is 0 Å². The zero-order valence-electron chi connectivity index (χ0n) is 7.92. The molecule has 1 fully saturated rings. The van der Waals surface area contributed by atoms with E-state index in [0.717, 1.165) is 19.4 Å². The quantitative estimate of drug-likeness (QED) is 0.628. The fourth-order valence-corrected chi connectivity index (χ4v) is 1.82. The first kappa shape index (κ1) is 9.96. The van der Waals surface area contributed by atoms with Gasteiger partial charge < -0.3 is 10.1 Å². The van der Waals surface area contributed by atoms with Crippen LogP contribution in [0.1, 0.15) is 32.6 Å². The molecule has 0 radical (unpaired) electrons. The molecule has 72 valence electrons. The largest absolute Gasteiger partial charge is 0.317 e. The molecular weight excluding hydrogens is 152 g/mol. The Morgan fingerprint density at radius 1 is 1.42 bits per heavy atom. The molecule has 0 saturated carbocycles. The smallest absolute Gasteiger partial charge is 0.0332 e. The van der Waals surface area contributed by atoms with E-state index < -0.39 is 0 Å². The van der Waals surface area contributed by atoms with Gasteiger partial charge in [0, 0.05) is 6.04 Å². The number of likely N-dealkylation sites (tertiary alicyclic amines) is 1. The van der Waals surface area contributed by atoms with E-state index in [1.807, 2.05) is 0 Å². The highest BCUT2D eigenvalue weighted by Gasteiger charge is 2.14. The van der Waals surface area contributed by atoms with Crippen LogP contribution in [0.3, 0.4) is 0 Å². The second kappa shape index (κ2) is 5.51. The van der Waals surface area contributed by atoms with Crippen LogP contribution in [0.25, 0.3) is 0 Å². The molecule has 0 amide bonds. The monoisotopic (exact) mass is 172 g/mol. The third-order valence-corrected chi connectivity index (χ3v) is 2.54. The molecule has 0 aromatic rings. The van der Waals surface area contributed by atoms with Gasteiger partial charge in [-0.2, -0.15) is 0 Å². The van der Waals surface area contributed by atoms with Gasteiger partial charge in [0.05, 0.1) is 0 Å². The van der Waals surface area contributed by atoms with Crippen LogP contribution in [0, 0.1) is 0 Å². The van der Waals surface area contributed by atoms with E-state index in [9.17, 15) is 0 Å². The molecule has 1 unspecified atom stereocenters. The number of hydrogen-bond donors (Lipinski definition) is 2. The van der Waals surface area contributed by atoms with Crippen molar-refractivity contribution in [3.8, 4) is 0 Å². The number of nitrogens with zero attached hydrogens (tertiary/aromatic N) is 1. The van der Waals surface area contributed by atoms with E-state index >= 15 is 0 Å². The lowest BCUT2D eigenvalue weighted by Crippen LogP contribution is -2.29. The molecule has 3 nitrogen and oxygen atoms in total. The van der Waals surface area contributed by atoms with Gasteiger partial charge in [0.15, 0.2) is 0 Å². The van der Waals surface area contributed by atoms with E-state index in [0.29, 0.717) is 6.04 Å². The van der Waals surface area contributed by atoms with Gasteiger partial charge in [0.2, 0.25) is 0 Å². The number of hydroxylamine groups is 1. The molecule has 1 heterocycles. The van der Waals surface area contributed by atoms with Crippen LogP contribution in [0.4, 0.5) is 0 Å². The average Bonchev–Trinajstić information content (AvgIpc) is 2.31. The van der Waals surface area contributed by atoms with Gasteiger partial charge in [-0.1, -0.05) is 6.92 Å². The lowest BCUT2D eigenvalue weighted by Gasteiger charge is -2.18. The second-order valence-electron chi connectivity index (χ2n) is 3.60. The average molecular weight is 172 g/mol. The van der Waals surface area contributed by atoms with E-state index in [-0.39, 0.29) is 0 Å². The Morgan fingerprint density at radius 2 is 2.25 bits per heavy atom. The summed E-state index contributed by atoms with van der Waals surface area (Å²) in [7, 11) is 0. The molecule has 0 spiro atoms. The summed E-state index contributed by atoms with van der Waals surface area (Å²) in [5.41, 5.74) is 2.38. The summed E-state index contributed by atoms with van der Waals surface area (Å²) in [4.78, 5) is 2.48. The summed E-state index contributed by atoms with van der Waals surface area (Å²) in [6.45, 7) is 5.75. The minimum atomic E-state index is 0.326. The van der Waals surface area contributed by atoms with Crippen LogP contribution in [0.2, 0.25) is 0 Å². The molecule has 0 aromatic heterocycles. The normalized spacial score (nSPS) is 27.0. The van der Waals surface area contributed by atoms with E-state index in [1.165, 1.54) is 25.9 Å². The Labute approximate surface area is 74.7 Å². The molecule has 3 heteroatoms. The molecule has 1 rings (SSSR count). The minimum absolute atomic E-state index is 0.326. The SMILES string of the molecule is CCCN1CCCC(NO)CC1. The minimum Gasteiger partial charge on any atom is -0.317 e. The maximum Gasteiger partial charge on any atom is 0.0332 e. The highest BCUT2D eigenvalue weighted by Crippen LogP contribution is 2.10. The Morgan fingerprint density at radius 3 is 2.92 bits per heavy atom. The molecular formula is C9H20N2O. The molecule has 2 N–H and O–H groups in total. The van der Waals surface area contributed by atoms with Crippen molar-refractivity contribution in [1.29, 1.82) is 0 Å². The van der Waals surface area contributed by atoms with Crippen molar-refractivity contribution in [3.63, 3.8) is 0 Å². The summed E-state index contributed by atoms with van der Waals surface area (Å²) in [6, 6.07) is 0.326. The van der Waals surface area contributed by atoms with Crippen LogP contribution < -0.4 is 5.48 Å². The lowest BCUT2D eigenvalue weighted by molar-refractivity contribution is 0.118. The number of hydrogen-bond acceptors (Lipinski definition) is 3. The van der Waals surface area contributed by atoms with E-state index in [4.69, 9.17) is 5.21 Å². The zero-order chi connectivity index (χ0) is 8.81. The van der Waals surface area contributed by atoms with Gasteiger partial charge in [0.25, 0.3) is 0 Å². The summed E-state index contributed by atoms with van der Waals surface area (Å²) in [5.74, 6) is 0. The third-order valence-electron chi connectivity index (χ3n) is 2.54. The number of rotatable bonds is 3. The van der Waals surface area contributed by atoms with Crippen LogP contribution in [-0.4, -0.2) is 35.8 Å². The zero-order valence-corrected chi connectivity index (χ0v) is 7.92. The van der Waals surface area contributed by atoms with E-state index in [2.05, 4.69) is 17.3 Å². The van der Waals surface area contributed by atoms with Crippen LogP contribution in [0.15, 0.2) is 0 Å². The molecule has 0 aromatic carbocycles. The molecule has 1 atom stereocenters. The molecule has 1 aliphatic rings. The maximum absolute atomic E-state index is 8.76. The van der Waals surface area contributed by atoms with Crippen molar-refractivity contribution in [1.82, 2.24) is 10.4 Å². The number of nitrogens with one attached hydrogen (secondary N) is 1. The highest BCUT2D eigenvalue weighted by atomic mass is 16.5. The fourth-order valence-electron chi connectivity index (χ4n) is 1.82. The standard InChI is InChI=1S/C9H20N2O/c1-2-6-11-7-3-4-9(10-12)5-8-11/h9-10,12H,2-8H2,1H3. The highest BCUT2D eigenvalue weighted by molar-refractivity contribution is 4.71. The second-order valence-corrected chi connectivity index (χ2v) is 3.60. The lowest BCUT2D eigenvalue weighted by atomic mass is 10.1. The van der Waals surface area contributed by atoms with Crippen molar-refractivity contribution in [2.75, 3.05) is 19.6 Å². The molecule has 12 heavy (non-hydrogen) atoms. The molecule has 1 saturated heterocycles. The predicted molar refractivity (Wildman–Crippen MR) is 49.3 cm³/mol. The third kappa shape index (κ3) is 3.09. The summed E-state index contributed by atoms with van der Waals surface area (Å²) in [6.07, 6.45) is 4.63. The fraction of sp³-hybridized carbons (Fsp3) is 1.00. The van der Waals surface area contributed by atoms with Crippen molar-refractivity contribution < 1.29 is 5.21 Å². The maximum atomic E-state index is 8.76. The van der Waals surface area contributed by atoms with Crippen molar-refractivity contribution in [3.05, 3.63) is 0 Å².